The van der Waals surface area contributed by atoms with Gasteiger partial charge in [0.1, 0.15) is 17.3 Å². The van der Waals surface area contributed by atoms with Crippen molar-refractivity contribution in [1.29, 1.82) is 5.26 Å². The topological polar surface area (TPSA) is 95.6 Å². The summed E-state index contributed by atoms with van der Waals surface area (Å²) in [6.45, 7) is 5.34. The molecule has 2 N–H and O–H groups in total. The van der Waals surface area contributed by atoms with Gasteiger partial charge in [-0.1, -0.05) is 18.9 Å². The lowest BCUT2D eigenvalue weighted by atomic mass is 9.85. The summed E-state index contributed by atoms with van der Waals surface area (Å²) >= 11 is 0. The molecule has 3 heterocycles. The highest BCUT2D eigenvalue weighted by Crippen LogP contribution is 2.32. The van der Waals surface area contributed by atoms with Crippen molar-refractivity contribution in [2.75, 3.05) is 11.9 Å². The Balaban J connectivity index is 1.55. The minimum atomic E-state index is -0.255. The fourth-order valence-corrected chi connectivity index (χ4v) is 4.98. The molecule has 1 aromatic carbocycles. The van der Waals surface area contributed by atoms with Gasteiger partial charge in [0.15, 0.2) is 0 Å². The molecule has 0 unspecified atom stereocenters. The summed E-state index contributed by atoms with van der Waals surface area (Å²) in [6.07, 6.45) is 6.72. The van der Waals surface area contributed by atoms with Crippen molar-refractivity contribution >= 4 is 22.7 Å². The molecular formula is C24H26N6O. The zero-order valence-electron chi connectivity index (χ0n) is 17.9. The molecule has 5 rings (SSSR count). The van der Waals surface area contributed by atoms with Crippen molar-refractivity contribution in [3.63, 3.8) is 0 Å². The highest BCUT2D eigenvalue weighted by atomic mass is 16.1. The molecule has 0 atom stereocenters. The highest BCUT2D eigenvalue weighted by Gasteiger charge is 2.27. The predicted molar refractivity (Wildman–Crippen MR) is 120 cm³/mol. The second-order valence-corrected chi connectivity index (χ2v) is 9.05. The molecule has 158 valence electrons. The normalized spacial score (nSPS) is 18.0. The largest absolute Gasteiger partial charge is 0.324 e. The first-order valence-corrected chi connectivity index (χ1v) is 10.9. The Morgan fingerprint density at radius 1 is 1.26 bits per heavy atom. The van der Waals surface area contributed by atoms with E-state index in [9.17, 15) is 10.1 Å². The van der Waals surface area contributed by atoms with E-state index in [0.29, 0.717) is 17.0 Å². The minimum Gasteiger partial charge on any atom is -0.324 e. The van der Waals surface area contributed by atoms with Crippen LogP contribution in [0.5, 0.6) is 0 Å². The number of anilines is 2. The molecule has 1 fully saturated rings. The number of rotatable bonds is 3. The van der Waals surface area contributed by atoms with E-state index in [-0.39, 0.29) is 22.7 Å². The van der Waals surface area contributed by atoms with Gasteiger partial charge in [0, 0.05) is 28.9 Å². The number of fused-ring (bicyclic) bond motifs is 2. The van der Waals surface area contributed by atoms with E-state index in [1.165, 1.54) is 11.1 Å². The molecule has 7 heteroatoms. The van der Waals surface area contributed by atoms with Gasteiger partial charge in [0.2, 0.25) is 5.95 Å². The Kier molecular flexibility index (Phi) is 4.75. The van der Waals surface area contributed by atoms with E-state index in [0.717, 1.165) is 44.3 Å². The van der Waals surface area contributed by atoms with Crippen molar-refractivity contribution in [3.05, 3.63) is 57.5 Å². The molecule has 0 radical (unpaired) electrons. The summed E-state index contributed by atoms with van der Waals surface area (Å²) in [4.78, 5) is 22.1. The SMILES string of the molecule is CC1(C)NCCc2cc(Nc3ncc4cc(C#N)c(=O)n(C5CCCC5)c4n3)ccc21. The Hall–Kier alpha value is -3.24. The lowest BCUT2D eigenvalue weighted by Gasteiger charge is -2.34. The third kappa shape index (κ3) is 3.47. The highest BCUT2D eigenvalue weighted by molar-refractivity contribution is 5.77. The van der Waals surface area contributed by atoms with Gasteiger partial charge in [0.05, 0.1) is 0 Å². The van der Waals surface area contributed by atoms with Gasteiger partial charge < -0.3 is 10.6 Å². The van der Waals surface area contributed by atoms with Gasteiger partial charge in [-0.15, -0.1) is 0 Å². The summed E-state index contributed by atoms with van der Waals surface area (Å²) < 4.78 is 1.72. The molecule has 3 aromatic rings. The maximum atomic E-state index is 12.9. The van der Waals surface area contributed by atoms with Crippen molar-refractivity contribution in [2.24, 2.45) is 0 Å². The Morgan fingerprint density at radius 2 is 2.06 bits per heavy atom. The standard InChI is InChI=1S/C24H26N6O/c1-24(2)20-8-7-18(12-15(20)9-10-27-24)28-23-26-14-17-11-16(13-25)22(31)30(21(17)29-23)19-5-3-4-6-19/h7-8,11-12,14,19,27H,3-6,9-10H2,1-2H3,(H,26,28,29). The number of nitrogens with one attached hydrogen (secondary N) is 2. The summed E-state index contributed by atoms with van der Waals surface area (Å²) in [6, 6.07) is 10.1. The van der Waals surface area contributed by atoms with Gasteiger partial charge in [-0.05, 0) is 69.0 Å². The summed E-state index contributed by atoms with van der Waals surface area (Å²) in [7, 11) is 0. The molecule has 0 spiro atoms. The Bertz CT molecular complexity index is 1260. The van der Waals surface area contributed by atoms with Gasteiger partial charge in [-0.2, -0.15) is 10.2 Å². The third-order valence-corrected chi connectivity index (χ3v) is 6.58. The molecule has 0 bridgehead atoms. The maximum absolute atomic E-state index is 12.9. The number of benzene rings is 1. The third-order valence-electron chi connectivity index (χ3n) is 6.58. The average Bonchev–Trinajstić information content (AvgIpc) is 3.27. The van der Waals surface area contributed by atoms with E-state index < -0.39 is 0 Å². The minimum absolute atomic E-state index is 0.0403. The van der Waals surface area contributed by atoms with E-state index in [4.69, 9.17) is 4.98 Å². The summed E-state index contributed by atoms with van der Waals surface area (Å²) in [5, 5.41) is 17.0. The number of aromatic nitrogens is 3. The van der Waals surface area contributed by atoms with Crippen LogP contribution in [0.2, 0.25) is 0 Å². The van der Waals surface area contributed by atoms with Gasteiger partial charge in [-0.3, -0.25) is 9.36 Å². The first-order chi connectivity index (χ1) is 15.0. The molecule has 7 nitrogen and oxygen atoms in total. The Labute approximate surface area is 181 Å². The van der Waals surface area contributed by atoms with Crippen LogP contribution in [0, 0.1) is 11.3 Å². The van der Waals surface area contributed by atoms with E-state index >= 15 is 0 Å². The summed E-state index contributed by atoms with van der Waals surface area (Å²) in [5.74, 6) is 0.455. The molecular weight excluding hydrogens is 388 g/mol. The van der Waals surface area contributed by atoms with Crippen LogP contribution in [0.15, 0.2) is 35.3 Å². The second kappa shape index (κ2) is 7.47. The maximum Gasteiger partial charge on any atom is 0.270 e. The second-order valence-electron chi connectivity index (χ2n) is 9.05. The van der Waals surface area contributed by atoms with Crippen LogP contribution in [0.1, 0.15) is 62.3 Å². The molecule has 2 aromatic heterocycles. The van der Waals surface area contributed by atoms with Gasteiger partial charge in [0.25, 0.3) is 5.56 Å². The van der Waals surface area contributed by atoms with Crippen molar-refractivity contribution in [2.45, 2.75) is 57.5 Å². The average molecular weight is 415 g/mol. The fraction of sp³-hybridized carbons (Fsp3) is 0.417. The van der Waals surface area contributed by atoms with Crippen molar-refractivity contribution in [1.82, 2.24) is 19.9 Å². The molecule has 31 heavy (non-hydrogen) atoms. The molecule has 0 saturated heterocycles. The van der Waals surface area contributed by atoms with E-state index in [2.05, 4.69) is 41.6 Å². The van der Waals surface area contributed by atoms with Crippen LogP contribution in [0.3, 0.4) is 0 Å². The van der Waals surface area contributed by atoms with E-state index in [1.807, 2.05) is 12.1 Å². The van der Waals surface area contributed by atoms with Gasteiger partial charge >= 0.3 is 0 Å². The smallest absolute Gasteiger partial charge is 0.270 e. The number of hydrogen-bond acceptors (Lipinski definition) is 6. The van der Waals surface area contributed by atoms with Crippen LogP contribution in [0.25, 0.3) is 11.0 Å². The quantitative estimate of drug-likeness (QED) is 0.675. The lowest BCUT2D eigenvalue weighted by Crippen LogP contribution is -2.42. The Morgan fingerprint density at radius 3 is 2.84 bits per heavy atom. The number of nitriles is 1. The van der Waals surface area contributed by atoms with Crippen LogP contribution < -0.4 is 16.2 Å². The van der Waals surface area contributed by atoms with Crippen molar-refractivity contribution < 1.29 is 0 Å². The lowest BCUT2D eigenvalue weighted by molar-refractivity contribution is 0.382. The first-order valence-electron chi connectivity index (χ1n) is 10.9. The van der Waals surface area contributed by atoms with Crippen LogP contribution >= 0.6 is 0 Å². The van der Waals surface area contributed by atoms with E-state index in [1.54, 1.807) is 16.8 Å². The molecule has 1 saturated carbocycles. The molecule has 1 aliphatic carbocycles. The number of nitrogens with zero attached hydrogens (tertiary/aromatic N) is 4. The summed E-state index contributed by atoms with van der Waals surface area (Å²) in [5.41, 5.74) is 4.00. The zero-order valence-corrected chi connectivity index (χ0v) is 17.9. The fourth-order valence-electron chi connectivity index (χ4n) is 4.98. The number of pyridine rings is 1. The zero-order chi connectivity index (χ0) is 21.6. The first kappa shape index (κ1) is 19.7. The predicted octanol–water partition coefficient (Wildman–Crippen LogP) is 3.90. The van der Waals surface area contributed by atoms with Gasteiger partial charge in [-0.25, -0.2) is 4.98 Å². The molecule has 1 aliphatic heterocycles. The van der Waals surface area contributed by atoms with Crippen LogP contribution in [0.4, 0.5) is 11.6 Å². The van der Waals surface area contributed by atoms with Crippen LogP contribution in [-0.4, -0.2) is 21.1 Å². The monoisotopic (exact) mass is 414 g/mol. The number of hydrogen-bond donors (Lipinski definition) is 2. The molecule has 2 aliphatic rings. The molecule has 0 amide bonds. The van der Waals surface area contributed by atoms with Crippen LogP contribution in [-0.2, 0) is 12.0 Å². The van der Waals surface area contributed by atoms with Crippen molar-refractivity contribution in [3.8, 4) is 6.07 Å².